The molecule has 1 aromatic carbocycles. The lowest BCUT2D eigenvalue weighted by Crippen LogP contribution is -2.37. The highest BCUT2D eigenvalue weighted by Gasteiger charge is 2.28. The van der Waals surface area contributed by atoms with Crippen molar-refractivity contribution in [3.8, 4) is 5.75 Å². The first-order valence-corrected chi connectivity index (χ1v) is 10.0. The number of nitrogens with two attached hydrogens (primary N) is 1. The van der Waals surface area contributed by atoms with Crippen LogP contribution in [0.5, 0.6) is 5.75 Å². The standard InChI is InChI=1S/C16H24N4O3S/c1-24(21,22)20-8-6-12(11-20)10-18-16(17)19-14-7-9-23-15-5-3-2-4-13(14)15/h2-5,12,14H,6-11H2,1H3,(H3,17,18,19). The zero-order valence-electron chi connectivity index (χ0n) is 13.8. The van der Waals surface area contributed by atoms with Crippen LogP contribution in [0.15, 0.2) is 29.3 Å². The predicted octanol–water partition coefficient (Wildman–Crippen LogP) is 0.696. The van der Waals surface area contributed by atoms with Crippen LogP contribution in [0.2, 0.25) is 0 Å². The van der Waals surface area contributed by atoms with Crippen LogP contribution in [0.4, 0.5) is 0 Å². The minimum Gasteiger partial charge on any atom is -0.493 e. The van der Waals surface area contributed by atoms with Crippen molar-refractivity contribution in [1.29, 1.82) is 0 Å². The number of hydrogen-bond donors (Lipinski definition) is 2. The normalized spacial score (nSPS) is 25.1. The number of rotatable bonds is 4. The van der Waals surface area contributed by atoms with Gasteiger partial charge in [-0.15, -0.1) is 0 Å². The second kappa shape index (κ2) is 6.98. The van der Waals surface area contributed by atoms with Crippen molar-refractivity contribution in [3.05, 3.63) is 29.8 Å². The second-order valence-corrected chi connectivity index (χ2v) is 8.36. The van der Waals surface area contributed by atoms with Crippen LogP contribution in [-0.4, -0.2) is 51.2 Å². The third-order valence-corrected chi connectivity index (χ3v) is 5.79. The Morgan fingerprint density at radius 2 is 2.21 bits per heavy atom. The second-order valence-electron chi connectivity index (χ2n) is 6.37. The average molecular weight is 352 g/mol. The highest BCUT2D eigenvalue weighted by molar-refractivity contribution is 7.88. The van der Waals surface area contributed by atoms with E-state index < -0.39 is 10.0 Å². The van der Waals surface area contributed by atoms with Crippen molar-refractivity contribution in [3.63, 3.8) is 0 Å². The highest BCUT2D eigenvalue weighted by atomic mass is 32.2. The van der Waals surface area contributed by atoms with Gasteiger partial charge in [0.25, 0.3) is 0 Å². The number of nitrogens with zero attached hydrogens (tertiary/aromatic N) is 2. The van der Waals surface area contributed by atoms with Gasteiger partial charge in [-0.1, -0.05) is 18.2 Å². The van der Waals surface area contributed by atoms with Gasteiger partial charge in [0.2, 0.25) is 10.0 Å². The van der Waals surface area contributed by atoms with E-state index in [1.54, 1.807) is 0 Å². The zero-order valence-corrected chi connectivity index (χ0v) is 14.6. The SMILES string of the molecule is CS(=O)(=O)N1CCC(CN=C(N)NC2CCOc3ccccc32)C1. The van der Waals surface area contributed by atoms with Gasteiger partial charge in [-0.3, -0.25) is 4.99 Å². The third kappa shape index (κ3) is 3.99. The maximum absolute atomic E-state index is 11.5. The molecule has 7 nitrogen and oxygen atoms in total. The molecular formula is C16H24N4O3S. The molecule has 3 N–H and O–H groups in total. The molecule has 0 saturated carbocycles. The lowest BCUT2D eigenvalue weighted by atomic mass is 10.0. The lowest BCUT2D eigenvalue weighted by Gasteiger charge is -2.27. The number of para-hydroxylation sites is 1. The van der Waals surface area contributed by atoms with E-state index in [1.165, 1.54) is 10.6 Å². The van der Waals surface area contributed by atoms with Gasteiger partial charge in [0, 0.05) is 31.6 Å². The quantitative estimate of drug-likeness (QED) is 0.614. The maximum Gasteiger partial charge on any atom is 0.211 e. The molecule has 0 spiro atoms. The van der Waals surface area contributed by atoms with Crippen LogP contribution in [-0.2, 0) is 10.0 Å². The van der Waals surface area contributed by atoms with Gasteiger partial charge >= 0.3 is 0 Å². The van der Waals surface area contributed by atoms with Crippen molar-refractivity contribution in [1.82, 2.24) is 9.62 Å². The smallest absolute Gasteiger partial charge is 0.211 e. The van der Waals surface area contributed by atoms with E-state index in [-0.39, 0.29) is 12.0 Å². The molecule has 0 bridgehead atoms. The molecule has 1 saturated heterocycles. The maximum atomic E-state index is 11.5. The van der Waals surface area contributed by atoms with Crippen molar-refractivity contribution in [2.45, 2.75) is 18.9 Å². The summed E-state index contributed by atoms with van der Waals surface area (Å²) in [5.74, 6) is 1.50. The molecule has 2 heterocycles. The molecule has 0 aromatic heterocycles. The third-order valence-electron chi connectivity index (χ3n) is 4.52. The summed E-state index contributed by atoms with van der Waals surface area (Å²) in [5, 5.41) is 3.26. The molecule has 3 rings (SSSR count). The molecule has 0 amide bonds. The Balaban J connectivity index is 1.56. The summed E-state index contributed by atoms with van der Waals surface area (Å²) in [6.45, 7) is 2.28. The largest absolute Gasteiger partial charge is 0.493 e. The van der Waals surface area contributed by atoms with Crippen LogP contribution in [0, 0.1) is 5.92 Å². The van der Waals surface area contributed by atoms with Crippen LogP contribution in [0.1, 0.15) is 24.4 Å². The molecule has 2 atom stereocenters. The van der Waals surface area contributed by atoms with Gasteiger partial charge in [-0.2, -0.15) is 0 Å². The topological polar surface area (TPSA) is 97.0 Å². The van der Waals surface area contributed by atoms with Crippen LogP contribution < -0.4 is 15.8 Å². The van der Waals surface area contributed by atoms with Gasteiger partial charge in [-0.25, -0.2) is 12.7 Å². The minimum absolute atomic E-state index is 0.0924. The summed E-state index contributed by atoms with van der Waals surface area (Å²) in [5.41, 5.74) is 7.12. The Hall–Kier alpha value is -1.80. The molecule has 2 aliphatic rings. The molecule has 2 aliphatic heterocycles. The Morgan fingerprint density at radius 1 is 1.42 bits per heavy atom. The highest BCUT2D eigenvalue weighted by Crippen LogP contribution is 2.31. The summed E-state index contributed by atoms with van der Waals surface area (Å²) >= 11 is 0. The van der Waals surface area contributed by atoms with Crippen molar-refractivity contribution in [2.75, 3.05) is 32.5 Å². The van der Waals surface area contributed by atoms with E-state index in [0.717, 1.165) is 24.2 Å². The zero-order chi connectivity index (χ0) is 17.2. The Kier molecular flexibility index (Phi) is 4.96. The van der Waals surface area contributed by atoms with E-state index in [0.29, 0.717) is 32.2 Å². The van der Waals surface area contributed by atoms with Crippen LogP contribution in [0.3, 0.4) is 0 Å². The summed E-state index contributed by atoms with van der Waals surface area (Å²) in [6, 6.07) is 8.00. The molecule has 1 fully saturated rings. The number of benzene rings is 1. The minimum atomic E-state index is -3.11. The first-order chi connectivity index (χ1) is 11.4. The Labute approximate surface area is 142 Å². The number of hydrogen-bond acceptors (Lipinski definition) is 4. The number of ether oxygens (including phenoxy) is 1. The van der Waals surface area contributed by atoms with Crippen molar-refractivity contribution >= 4 is 16.0 Å². The van der Waals surface area contributed by atoms with Gasteiger partial charge in [0.1, 0.15) is 5.75 Å². The first kappa shape index (κ1) is 17.0. The number of guanidine groups is 1. The number of aliphatic imine (C=N–C) groups is 1. The molecule has 0 radical (unpaired) electrons. The Morgan fingerprint density at radius 3 is 2.96 bits per heavy atom. The molecule has 2 unspecified atom stereocenters. The molecular weight excluding hydrogens is 328 g/mol. The van der Waals surface area contributed by atoms with E-state index in [2.05, 4.69) is 10.3 Å². The monoisotopic (exact) mass is 352 g/mol. The molecule has 0 aliphatic carbocycles. The molecule has 8 heteroatoms. The fraction of sp³-hybridized carbons (Fsp3) is 0.562. The Bertz CT molecular complexity index is 720. The van der Waals surface area contributed by atoms with Gasteiger partial charge in [0.05, 0.1) is 18.9 Å². The van der Waals surface area contributed by atoms with Crippen LogP contribution in [0.25, 0.3) is 0 Å². The van der Waals surface area contributed by atoms with Crippen molar-refractivity contribution < 1.29 is 13.2 Å². The first-order valence-electron chi connectivity index (χ1n) is 8.17. The van der Waals surface area contributed by atoms with E-state index in [4.69, 9.17) is 10.5 Å². The van der Waals surface area contributed by atoms with Gasteiger partial charge in [-0.05, 0) is 18.4 Å². The summed E-state index contributed by atoms with van der Waals surface area (Å²) < 4.78 is 30.2. The van der Waals surface area contributed by atoms with E-state index in [1.807, 2.05) is 24.3 Å². The van der Waals surface area contributed by atoms with Crippen LogP contribution >= 0.6 is 0 Å². The van der Waals surface area contributed by atoms with E-state index in [9.17, 15) is 8.42 Å². The lowest BCUT2D eigenvalue weighted by molar-refractivity contribution is 0.262. The number of fused-ring (bicyclic) bond motifs is 1. The molecule has 132 valence electrons. The molecule has 1 aromatic rings. The number of nitrogens with one attached hydrogen (secondary N) is 1. The predicted molar refractivity (Wildman–Crippen MR) is 93.4 cm³/mol. The van der Waals surface area contributed by atoms with Gasteiger partial charge in [0.15, 0.2) is 5.96 Å². The fourth-order valence-corrected chi connectivity index (χ4v) is 4.11. The fourth-order valence-electron chi connectivity index (χ4n) is 3.19. The molecule has 24 heavy (non-hydrogen) atoms. The summed E-state index contributed by atoms with van der Waals surface area (Å²) in [6.07, 6.45) is 2.90. The van der Waals surface area contributed by atoms with Gasteiger partial charge < -0.3 is 15.8 Å². The summed E-state index contributed by atoms with van der Waals surface area (Å²) in [7, 11) is -3.11. The summed E-state index contributed by atoms with van der Waals surface area (Å²) in [4.78, 5) is 4.41. The van der Waals surface area contributed by atoms with E-state index >= 15 is 0 Å². The number of sulfonamides is 1. The average Bonchev–Trinajstić information content (AvgIpc) is 3.03. The van der Waals surface area contributed by atoms with Crippen molar-refractivity contribution in [2.24, 2.45) is 16.6 Å².